The monoisotopic (exact) mass is 503 g/mol. The van der Waals surface area contributed by atoms with Gasteiger partial charge in [0.2, 0.25) is 0 Å². The topological polar surface area (TPSA) is 57.6 Å². The van der Waals surface area contributed by atoms with Gasteiger partial charge in [0.25, 0.3) is 5.91 Å². The Kier molecular flexibility index (Phi) is 5.73. The molecule has 4 rings (SSSR count). The van der Waals surface area contributed by atoms with Crippen LogP contribution in [0, 0.1) is 0 Å². The molecule has 30 heavy (non-hydrogen) atoms. The first-order valence-corrected chi connectivity index (χ1v) is 10.7. The molecule has 3 aromatic rings. The highest BCUT2D eigenvalue weighted by Gasteiger charge is 2.51. The lowest BCUT2D eigenvalue weighted by Gasteiger charge is -2.23. The summed E-state index contributed by atoms with van der Waals surface area (Å²) in [5.74, 6) is -0.911. The van der Waals surface area contributed by atoms with Crippen molar-refractivity contribution < 1.29 is 14.7 Å². The van der Waals surface area contributed by atoms with Crippen LogP contribution in [0.5, 0.6) is 0 Å². The van der Waals surface area contributed by atoms with Gasteiger partial charge in [-0.15, -0.1) is 0 Å². The number of anilines is 1. The van der Waals surface area contributed by atoms with E-state index in [4.69, 9.17) is 23.2 Å². The molecular weight excluding hydrogens is 489 g/mol. The average Bonchev–Trinajstić information content (AvgIpc) is 2.91. The molecule has 0 saturated carbocycles. The Labute approximate surface area is 192 Å². The number of carbonyl (C=O) groups is 2. The molecule has 0 bridgehead atoms. The van der Waals surface area contributed by atoms with Crippen molar-refractivity contribution in [3.05, 3.63) is 97.9 Å². The molecule has 1 aliphatic rings. The van der Waals surface area contributed by atoms with Gasteiger partial charge in [-0.05, 0) is 54.1 Å². The summed E-state index contributed by atoms with van der Waals surface area (Å²) in [5, 5.41) is 12.5. The van der Waals surface area contributed by atoms with E-state index in [1.165, 1.54) is 4.90 Å². The van der Waals surface area contributed by atoms with Crippen LogP contribution >= 0.6 is 39.1 Å². The van der Waals surface area contributed by atoms with Gasteiger partial charge in [-0.25, -0.2) is 0 Å². The summed E-state index contributed by atoms with van der Waals surface area (Å²) < 4.78 is 0.700. The fourth-order valence-corrected chi connectivity index (χ4v) is 4.30. The molecule has 1 atom stereocenters. The molecule has 1 aliphatic heterocycles. The zero-order chi connectivity index (χ0) is 21.5. The Morgan fingerprint density at radius 1 is 1.03 bits per heavy atom. The average molecular weight is 505 g/mol. The molecule has 1 heterocycles. The van der Waals surface area contributed by atoms with Crippen molar-refractivity contribution in [3.63, 3.8) is 0 Å². The van der Waals surface area contributed by atoms with Crippen LogP contribution in [0.15, 0.2) is 71.2 Å². The first-order valence-electron chi connectivity index (χ1n) is 9.16. The standard InChI is InChI=1S/C23H16BrCl2NO3/c24-16-7-10-20-18(11-16)23(30,12-21(28)14-5-8-17(25)9-6-14)22(29)27(20)13-15-3-1-2-4-19(15)26/h1-11,30H,12-13H2/t23-/m0/s1. The molecule has 1 N–H and O–H groups in total. The summed E-state index contributed by atoms with van der Waals surface area (Å²) in [6.07, 6.45) is -0.379. The maximum Gasteiger partial charge on any atom is 0.264 e. The molecule has 0 unspecified atom stereocenters. The quantitative estimate of drug-likeness (QED) is 0.449. The summed E-state index contributed by atoms with van der Waals surface area (Å²) in [5.41, 5.74) is 0.0824. The number of hydrogen-bond acceptors (Lipinski definition) is 3. The molecule has 4 nitrogen and oxygen atoms in total. The first kappa shape index (κ1) is 21.1. The number of rotatable bonds is 5. The van der Waals surface area contributed by atoms with Crippen LogP contribution in [-0.2, 0) is 16.9 Å². The summed E-state index contributed by atoms with van der Waals surface area (Å²) >= 11 is 15.6. The fourth-order valence-electron chi connectivity index (χ4n) is 3.62. The molecule has 1 amide bonds. The first-order chi connectivity index (χ1) is 14.3. The number of halogens is 3. The molecule has 3 aromatic carbocycles. The van der Waals surface area contributed by atoms with Gasteiger partial charge in [0.05, 0.1) is 18.7 Å². The normalized spacial score (nSPS) is 17.9. The third kappa shape index (κ3) is 3.79. The van der Waals surface area contributed by atoms with E-state index in [9.17, 15) is 14.7 Å². The van der Waals surface area contributed by atoms with Gasteiger partial charge in [0.1, 0.15) is 0 Å². The Balaban J connectivity index is 1.72. The van der Waals surface area contributed by atoms with Crippen LogP contribution in [0.3, 0.4) is 0 Å². The van der Waals surface area contributed by atoms with Crippen molar-refractivity contribution in [1.29, 1.82) is 0 Å². The third-order valence-corrected chi connectivity index (χ3v) is 6.28. The van der Waals surface area contributed by atoms with Crippen LogP contribution < -0.4 is 4.90 Å². The van der Waals surface area contributed by atoms with E-state index in [0.29, 0.717) is 31.3 Å². The molecule has 0 saturated heterocycles. The van der Waals surface area contributed by atoms with Crippen LogP contribution in [0.4, 0.5) is 5.69 Å². The number of Topliss-reactive ketones (excluding diaryl/α,β-unsaturated/α-hetero) is 1. The fraction of sp³-hybridized carbons (Fsp3) is 0.130. The summed E-state index contributed by atoms with van der Waals surface area (Å²) in [6.45, 7) is 0.185. The van der Waals surface area contributed by atoms with E-state index in [2.05, 4.69) is 15.9 Å². The van der Waals surface area contributed by atoms with Gasteiger partial charge in [-0.3, -0.25) is 9.59 Å². The van der Waals surface area contributed by atoms with Gasteiger partial charge in [0.15, 0.2) is 11.4 Å². The van der Waals surface area contributed by atoms with Crippen LogP contribution in [-0.4, -0.2) is 16.8 Å². The van der Waals surface area contributed by atoms with Crippen molar-refractivity contribution in [2.24, 2.45) is 0 Å². The van der Waals surface area contributed by atoms with Crippen molar-refractivity contribution >= 4 is 56.5 Å². The summed E-state index contributed by atoms with van der Waals surface area (Å²) in [4.78, 5) is 27.7. The minimum Gasteiger partial charge on any atom is -0.375 e. The van der Waals surface area contributed by atoms with Gasteiger partial charge < -0.3 is 10.0 Å². The SMILES string of the molecule is O=C(C[C@@]1(O)C(=O)N(Cc2ccccc2Cl)c2ccc(Br)cc21)c1ccc(Cl)cc1. The highest BCUT2D eigenvalue weighted by atomic mass is 79.9. The largest absolute Gasteiger partial charge is 0.375 e. The molecule has 0 fully saturated rings. The van der Waals surface area contributed by atoms with Gasteiger partial charge in [0, 0.05) is 25.6 Å². The van der Waals surface area contributed by atoms with Crippen LogP contribution in [0.2, 0.25) is 10.0 Å². The Hall–Kier alpha value is -2.18. The molecule has 0 radical (unpaired) electrons. The predicted molar refractivity (Wildman–Crippen MR) is 121 cm³/mol. The molecular formula is C23H16BrCl2NO3. The number of aliphatic hydroxyl groups is 1. The zero-order valence-corrected chi connectivity index (χ0v) is 18.7. The van der Waals surface area contributed by atoms with E-state index in [1.54, 1.807) is 48.5 Å². The number of carbonyl (C=O) groups excluding carboxylic acids is 2. The van der Waals surface area contributed by atoms with Crippen molar-refractivity contribution in [3.8, 4) is 0 Å². The lowest BCUT2D eigenvalue weighted by atomic mass is 9.88. The molecule has 0 aliphatic carbocycles. The Morgan fingerprint density at radius 2 is 1.73 bits per heavy atom. The predicted octanol–water partition coefficient (Wildman–Crippen LogP) is 5.76. The molecule has 152 valence electrons. The minimum atomic E-state index is -1.98. The van der Waals surface area contributed by atoms with Crippen molar-refractivity contribution in [1.82, 2.24) is 0 Å². The minimum absolute atomic E-state index is 0.185. The van der Waals surface area contributed by atoms with E-state index in [1.807, 2.05) is 18.2 Å². The number of hydrogen-bond donors (Lipinski definition) is 1. The maximum atomic E-state index is 13.4. The second-order valence-electron chi connectivity index (χ2n) is 7.11. The smallest absolute Gasteiger partial charge is 0.264 e. The van der Waals surface area contributed by atoms with E-state index in [-0.39, 0.29) is 18.7 Å². The lowest BCUT2D eigenvalue weighted by Crippen LogP contribution is -2.41. The molecule has 7 heteroatoms. The van der Waals surface area contributed by atoms with Crippen molar-refractivity contribution in [2.45, 2.75) is 18.6 Å². The number of nitrogens with zero attached hydrogens (tertiary/aromatic N) is 1. The highest BCUT2D eigenvalue weighted by Crippen LogP contribution is 2.45. The van der Waals surface area contributed by atoms with Gasteiger partial charge in [-0.2, -0.15) is 0 Å². The summed E-state index contributed by atoms with van der Waals surface area (Å²) in [6, 6.07) is 18.8. The summed E-state index contributed by atoms with van der Waals surface area (Å²) in [7, 11) is 0. The van der Waals surface area contributed by atoms with E-state index in [0.717, 1.165) is 5.56 Å². The zero-order valence-electron chi connectivity index (χ0n) is 15.6. The van der Waals surface area contributed by atoms with E-state index >= 15 is 0 Å². The lowest BCUT2D eigenvalue weighted by molar-refractivity contribution is -0.136. The second kappa shape index (κ2) is 8.16. The Morgan fingerprint density at radius 3 is 2.43 bits per heavy atom. The number of amides is 1. The van der Waals surface area contributed by atoms with E-state index < -0.39 is 11.5 Å². The third-order valence-electron chi connectivity index (χ3n) is 5.16. The van der Waals surface area contributed by atoms with Gasteiger partial charge in [-0.1, -0.05) is 57.3 Å². The number of ketones is 1. The molecule has 0 spiro atoms. The Bertz CT molecular complexity index is 1150. The highest BCUT2D eigenvalue weighted by molar-refractivity contribution is 9.10. The second-order valence-corrected chi connectivity index (χ2v) is 8.87. The maximum absolute atomic E-state index is 13.4. The molecule has 0 aromatic heterocycles. The van der Waals surface area contributed by atoms with Crippen LogP contribution in [0.25, 0.3) is 0 Å². The number of fused-ring (bicyclic) bond motifs is 1. The van der Waals surface area contributed by atoms with Crippen molar-refractivity contribution in [2.75, 3.05) is 4.90 Å². The van der Waals surface area contributed by atoms with Crippen LogP contribution in [0.1, 0.15) is 27.9 Å². The number of benzene rings is 3. The van der Waals surface area contributed by atoms with Gasteiger partial charge >= 0.3 is 0 Å².